The second kappa shape index (κ2) is 7.37. The summed E-state index contributed by atoms with van der Waals surface area (Å²) >= 11 is 6.42. The Labute approximate surface area is 133 Å². The number of methoxy groups -OCH3 is 2. The zero-order valence-corrected chi connectivity index (χ0v) is 14.2. The van der Waals surface area contributed by atoms with E-state index in [1.54, 1.807) is 14.2 Å². The van der Waals surface area contributed by atoms with Crippen LogP contribution >= 0.6 is 11.6 Å². The summed E-state index contributed by atoms with van der Waals surface area (Å²) in [5.74, 6) is 2.75. The van der Waals surface area contributed by atoms with E-state index in [0.29, 0.717) is 16.7 Å². The zero-order valence-electron chi connectivity index (χ0n) is 13.4. The van der Waals surface area contributed by atoms with Gasteiger partial charge in [0.05, 0.1) is 14.2 Å². The molecule has 0 saturated heterocycles. The van der Waals surface area contributed by atoms with Gasteiger partial charge < -0.3 is 14.8 Å². The smallest absolute Gasteiger partial charge is 0.146 e. The summed E-state index contributed by atoms with van der Waals surface area (Å²) in [6.07, 6.45) is 3.87. The van der Waals surface area contributed by atoms with Crippen molar-refractivity contribution < 1.29 is 9.47 Å². The molecular weight excluding hydrogens is 286 g/mol. The van der Waals surface area contributed by atoms with E-state index in [1.807, 2.05) is 6.07 Å². The van der Waals surface area contributed by atoms with Crippen molar-refractivity contribution in [1.82, 2.24) is 5.32 Å². The molecule has 1 aliphatic carbocycles. The minimum absolute atomic E-state index is 0.283. The predicted molar refractivity (Wildman–Crippen MR) is 87.5 cm³/mol. The Morgan fingerprint density at radius 2 is 2.05 bits per heavy atom. The van der Waals surface area contributed by atoms with Gasteiger partial charge in [0.25, 0.3) is 0 Å². The lowest BCUT2D eigenvalue weighted by Crippen LogP contribution is -2.30. The molecule has 3 atom stereocenters. The molecule has 1 aliphatic rings. The predicted octanol–water partition coefficient (Wildman–Crippen LogP) is 4.44. The van der Waals surface area contributed by atoms with Crippen molar-refractivity contribution in [3.05, 3.63) is 22.7 Å². The van der Waals surface area contributed by atoms with Gasteiger partial charge in [0.15, 0.2) is 0 Å². The molecule has 1 N–H and O–H groups in total. The van der Waals surface area contributed by atoms with Gasteiger partial charge in [-0.15, -0.1) is 0 Å². The third-order valence-electron chi connectivity index (χ3n) is 4.63. The summed E-state index contributed by atoms with van der Waals surface area (Å²) in [6.45, 7) is 5.42. The molecule has 3 nitrogen and oxygen atoms in total. The fourth-order valence-corrected chi connectivity index (χ4v) is 3.87. The summed E-state index contributed by atoms with van der Waals surface area (Å²) in [5.41, 5.74) is 1.14. The molecule has 0 amide bonds. The van der Waals surface area contributed by atoms with Crippen LogP contribution in [-0.2, 0) is 0 Å². The SMILES string of the molecule is CCNC(c1ccc(OC)c(Cl)c1OC)C1CCCC1C. The van der Waals surface area contributed by atoms with Crippen LogP contribution in [0.25, 0.3) is 0 Å². The fraction of sp³-hybridized carbons (Fsp3) is 0.647. The quantitative estimate of drug-likeness (QED) is 0.842. The second-order valence-electron chi connectivity index (χ2n) is 5.81. The molecule has 118 valence electrons. The topological polar surface area (TPSA) is 30.5 Å². The standard InChI is InChI=1S/C17H26ClNO2/c1-5-19-16(12-8-6-7-11(12)2)13-9-10-14(20-3)15(18)17(13)21-4/h9-12,16,19H,5-8H2,1-4H3. The fourth-order valence-electron chi connectivity index (χ4n) is 3.54. The van der Waals surface area contributed by atoms with Crippen LogP contribution in [0, 0.1) is 11.8 Å². The van der Waals surface area contributed by atoms with Gasteiger partial charge in [0, 0.05) is 11.6 Å². The first-order chi connectivity index (χ1) is 10.1. The first kappa shape index (κ1) is 16.4. The van der Waals surface area contributed by atoms with Crippen molar-refractivity contribution in [2.45, 2.75) is 39.2 Å². The molecule has 3 unspecified atom stereocenters. The van der Waals surface area contributed by atoms with Crippen LogP contribution in [-0.4, -0.2) is 20.8 Å². The van der Waals surface area contributed by atoms with Gasteiger partial charge in [0.1, 0.15) is 16.5 Å². The molecular formula is C17H26ClNO2. The van der Waals surface area contributed by atoms with Crippen molar-refractivity contribution in [1.29, 1.82) is 0 Å². The molecule has 4 heteroatoms. The number of ether oxygens (including phenoxy) is 2. The number of hydrogen-bond acceptors (Lipinski definition) is 3. The van der Waals surface area contributed by atoms with Crippen LogP contribution in [0.2, 0.25) is 5.02 Å². The number of halogens is 1. The Morgan fingerprint density at radius 1 is 1.29 bits per heavy atom. The average molecular weight is 312 g/mol. The summed E-state index contributed by atoms with van der Waals surface area (Å²) < 4.78 is 10.9. The molecule has 0 bridgehead atoms. The Bertz CT molecular complexity index is 478. The monoisotopic (exact) mass is 311 g/mol. The van der Waals surface area contributed by atoms with E-state index < -0.39 is 0 Å². The molecule has 0 spiro atoms. The van der Waals surface area contributed by atoms with Gasteiger partial charge in [0.2, 0.25) is 0 Å². The maximum atomic E-state index is 6.42. The summed E-state index contributed by atoms with van der Waals surface area (Å²) in [5, 5.41) is 4.19. The number of hydrogen-bond donors (Lipinski definition) is 1. The van der Waals surface area contributed by atoms with Crippen molar-refractivity contribution in [2.24, 2.45) is 11.8 Å². The van der Waals surface area contributed by atoms with Gasteiger partial charge in [-0.25, -0.2) is 0 Å². The van der Waals surface area contributed by atoms with Crippen LogP contribution in [0.1, 0.15) is 44.7 Å². The molecule has 1 aromatic rings. The normalized spacial score (nSPS) is 23.1. The lowest BCUT2D eigenvalue weighted by molar-refractivity contribution is 0.295. The largest absolute Gasteiger partial charge is 0.495 e. The summed E-state index contributed by atoms with van der Waals surface area (Å²) in [7, 11) is 3.30. The first-order valence-corrected chi connectivity index (χ1v) is 8.15. The number of nitrogens with one attached hydrogen (secondary N) is 1. The first-order valence-electron chi connectivity index (χ1n) is 7.77. The van der Waals surface area contributed by atoms with Gasteiger partial charge >= 0.3 is 0 Å². The van der Waals surface area contributed by atoms with E-state index in [-0.39, 0.29) is 6.04 Å². The third-order valence-corrected chi connectivity index (χ3v) is 4.99. The van der Waals surface area contributed by atoms with Crippen LogP contribution in [0.4, 0.5) is 0 Å². The van der Waals surface area contributed by atoms with Crippen molar-refractivity contribution >= 4 is 11.6 Å². The molecule has 1 fully saturated rings. The van der Waals surface area contributed by atoms with Gasteiger partial charge in [-0.2, -0.15) is 0 Å². The van der Waals surface area contributed by atoms with E-state index in [9.17, 15) is 0 Å². The highest BCUT2D eigenvalue weighted by atomic mass is 35.5. The second-order valence-corrected chi connectivity index (χ2v) is 6.19. The number of benzene rings is 1. The molecule has 1 aromatic carbocycles. The minimum Gasteiger partial charge on any atom is -0.495 e. The molecule has 1 saturated carbocycles. The average Bonchev–Trinajstić information content (AvgIpc) is 2.90. The summed E-state index contributed by atoms with van der Waals surface area (Å²) in [6, 6.07) is 4.30. The Morgan fingerprint density at radius 3 is 2.57 bits per heavy atom. The maximum absolute atomic E-state index is 6.42. The Hall–Kier alpha value is -0.930. The molecule has 0 aliphatic heterocycles. The highest BCUT2D eigenvalue weighted by Gasteiger charge is 2.33. The molecule has 2 rings (SSSR count). The van der Waals surface area contributed by atoms with Crippen molar-refractivity contribution in [2.75, 3.05) is 20.8 Å². The van der Waals surface area contributed by atoms with Gasteiger partial charge in [-0.05, 0) is 36.9 Å². The zero-order chi connectivity index (χ0) is 15.4. The van der Waals surface area contributed by atoms with E-state index in [0.717, 1.165) is 23.8 Å². The highest BCUT2D eigenvalue weighted by molar-refractivity contribution is 6.33. The molecule has 0 heterocycles. The van der Waals surface area contributed by atoms with Crippen LogP contribution in [0.3, 0.4) is 0 Å². The Balaban J connectivity index is 2.42. The summed E-state index contributed by atoms with van der Waals surface area (Å²) in [4.78, 5) is 0. The molecule has 0 aromatic heterocycles. The van der Waals surface area contributed by atoms with E-state index in [1.165, 1.54) is 19.3 Å². The van der Waals surface area contributed by atoms with Crippen molar-refractivity contribution in [3.63, 3.8) is 0 Å². The lowest BCUT2D eigenvalue weighted by atomic mass is 9.85. The Kier molecular flexibility index (Phi) is 5.77. The molecule has 0 radical (unpaired) electrons. The van der Waals surface area contributed by atoms with Crippen molar-refractivity contribution in [3.8, 4) is 11.5 Å². The van der Waals surface area contributed by atoms with Crippen LogP contribution in [0.15, 0.2) is 12.1 Å². The van der Waals surface area contributed by atoms with Crippen LogP contribution in [0.5, 0.6) is 11.5 Å². The van der Waals surface area contributed by atoms with Crippen LogP contribution < -0.4 is 14.8 Å². The maximum Gasteiger partial charge on any atom is 0.146 e. The van der Waals surface area contributed by atoms with E-state index >= 15 is 0 Å². The highest BCUT2D eigenvalue weighted by Crippen LogP contribution is 2.46. The number of rotatable bonds is 6. The van der Waals surface area contributed by atoms with Gasteiger partial charge in [-0.3, -0.25) is 0 Å². The van der Waals surface area contributed by atoms with E-state index in [4.69, 9.17) is 21.1 Å². The van der Waals surface area contributed by atoms with Gasteiger partial charge in [-0.1, -0.05) is 38.3 Å². The lowest BCUT2D eigenvalue weighted by Gasteiger charge is -2.30. The third kappa shape index (κ3) is 3.29. The minimum atomic E-state index is 0.283. The van der Waals surface area contributed by atoms with E-state index in [2.05, 4.69) is 25.2 Å². The molecule has 21 heavy (non-hydrogen) atoms.